The van der Waals surface area contributed by atoms with E-state index in [1.807, 2.05) is 30.5 Å². The number of halogens is 5. The molecule has 0 aromatic carbocycles. The number of nitrogens with one attached hydrogen (secondary N) is 1. The van der Waals surface area contributed by atoms with Crippen molar-refractivity contribution >= 4 is 23.0 Å². The summed E-state index contributed by atoms with van der Waals surface area (Å²) in [5, 5.41) is 17.4. The molecule has 0 fully saturated rings. The van der Waals surface area contributed by atoms with E-state index in [1.54, 1.807) is 4.52 Å². The average molecular weight is 517 g/mol. The smallest absolute Gasteiger partial charge is 0.475 e. The number of hydrogen-bond donors (Lipinski definition) is 3. The fourth-order valence-corrected chi connectivity index (χ4v) is 3.79. The van der Waals surface area contributed by atoms with E-state index < -0.39 is 23.9 Å². The van der Waals surface area contributed by atoms with Crippen LogP contribution in [0.1, 0.15) is 10.7 Å². The highest BCUT2D eigenvalue weighted by Gasteiger charge is 2.38. The Bertz CT molecular complexity index is 1420. The molecule has 4 rings (SSSR count). The van der Waals surface area contributed by atoms with Gasteiger partial charge in [-0.05, 0) is 29.8 Å². The van der Waals surface area contributed by atoms with Crippen LogP contribution in [-0.4, -0.2) is 53.2 Å². The lowest BCUT2D eigenvalue weighted by molar-refractivity contribution is -0.192. The molecule has 0 radical (unpaired) electrons. The van der Waals surface area contributed by atoms with Gasteiger partial charge >= 0.3 is 17.8 Å². The second-order valence-electron chi connectivity index (χ2n) is 6.82. The molecule has 4 heterocycles. The van der Waals surface area contributed by atoms with Crippen molar-refractivity contribution in [2.45, 2.75) is 19.1 Å². The van der Waals surface area contributed by atoms with Crippen LogP contribution in [0.15, 0.2) is 53.2 Å². The predicted octanol–water partition coefficient (Wildman–Crippen LogP) is 2.68. The fourth-order valence-electron chi connectivity index (χ4n) is 2.80. The van der Waals surface area contributed by atoms with Crippen LogP contribution in [0, 0.1) is 0 Å². The molecule has 0 saturated heterocycles. The van der Waals surface area contributed by atoms with E-state index in [2.05, 4.69) is 20.3 Å². The summed E-state index contributed by atoms with van der Waals surface area (Å²) in [4.78, 5) is 27.0. The molecular formula is C19H16F5N7O3S. The van der Waals surface area contributed by atoms with Crippen molar-refractivity contribution in [1.29, 1.82) is 0 Å². The monoisotopic (exact) mass is 517 g/mol. The molecule has 16 heteroatoms. The minimum absolute atomic E-state index is 0.181. The Morgan fingerprint density at radius 1 is 1.23 bits per heavy atom. The number of aromatic nitrogens is 6. The van der Waals surface area contributed by atoms with Gasteiger partial charge < -0.3 is 10.8 Å². The number of carbonyl (C=O) groups is 1. The van der Waals surface area contributed by atoms with Gasteiger partial charge in [0.25, 0.3) is 6.08 Å². The zero-order chi connectivity index (χ0) is 25.8. The zero-order valence-corrected chi connectivity index (χ0v) is 18.3. The van der Waals surface area contributed by atoms with Crippen LogP contribution in [0.4, 0.5) is 22.0 Å². The van der Waals surface area contributed by atoms with Crippen LogP contribution >= 0.6 is 11.3 Å². The van der Waals surface area contributed by atoms with E-state index in [0.717, 1.165) is 21.0 Å². The number of aliphatic carboxylic acids is 1. The van der Waals surface area contributed by atoms with Gasteiger partial charge in [0, 0.05) is 34.5 Å². The van der Waals surface area contributed by atoms with Gasteiger partial charge in [-0.15, -0.1) is 11.3 Å². The first-order valence-electron chi connectivity index (χ1n) is 9.55. The first kappa shape index (κ1) is 25.7. The van der Waals surface area contributed by atoms with Gasteiger partial charge in [0.15, 0.2) is 5.65 Å². The van der Waals surface area contributed by atoms with E-state index in [1.165, 1.54) is 22.2 Å². The molecule has 0 aliphatic carbocycles. The molecule has 4 aromatic rings. The van der Waals surface area contributed by atoms with E-state index in [0.29, 0.717) is 0 Å². The minimum Gasteiger partial charge on any atom is -0.475 e. The molecule has 0 atom stereocenters. The van der Waals surface area contributed by atoms with Crippen LogP contribution in [0.2, 0.25) is 0 Å². The van der Waals surface area contributed by atoms with Crippen LogP contribution in [0.5, 0.6) is 0 Å². The Kier molecular flexibility index (Phi) is 7.75. The van der Waals surface area contributed by atoms with Crippen molar-refractivity contribution in [2.24, 2.45) is 5.73 Å². The molecule has 0 unspecified atom stereocenters. The number of H-pyrrole nitrogens is 1. The van der Waals surface area contributed by atoms with Crippen molar-refractivity contribution in [3.63, 3.8) is 0 Å². The van der Waals surface area contributed by atoms with Crippen LogP contribution in [0.25, 0.3) is 16.1 Å². The number of nitrogens with two attached hydrogens (primary N) is 1. The lowest BCUT2D eigenvalue weighted by atomic mass is 10.2. The zero-order valence-electron chi connectivity index (χ0n) is 17.5. The highest BCUT2D eigenvalue weighted by Crippen LogP contribution is 2.29. The molecule has 4 N–H and O–H groups in total. The number of alkyl halides is 3. The van der Waals surface area contributed by atoms with Crippen LogP contribution < -0.4 is 11.4 Å². The third-order valence-corrected chi connectivity index (χ3v) is 5.62. The highest BCUT2D eigenvalue weighted by molar-refractivity contribution is 7.15. The molecule has 35 heavy (non-hydrogen) atoms. The largest absolute Gasteiger partial charge is 0.490 e. The number of carboxylic acid groups (broad SMARTS) is 1. The summed E-state index contributed by atoms with van der Waals surface area (Å²) in [5.74, 6) is -2.54. The Balaban J connectivity index is 0.000000429. The van der Waals surface area contributed by atoms with Gasteiger partial charge in [0.05, 0.1) is 6.54 Å². The molecule has 0 spiro atoms. The standard InChI is InChI=1S/C17H15F2N7OS.C2HF3O2/c18-16(19)11(7-20)6-15-23-24-17(27)25(15)8-12-1-2-13(28-12)10-3-4-26-14(5-10)21-9-22-26;3-2(4,5)1(6)7/h1-5,9H,6-8,20H2,(H,24,27);(H,6,7). The Morgan fingerprint density at radius 3 is 2.57 bits per heavy atom. The Morgan fingerprint density at radius 2 is 1.94 bits per heavy atom. The third-order valence-electron chi connectivity index (χ3n) is 4.51. The molecule has 0 aliphatic rings. The first-order valence-corrected chi connectivity index (χ1v) is 10.4. The van der Waals surface area contributed by atoms with Gasteiger partial charge in [-0.1, -0.05) is 0 Å². The quantitative estimate of drug-likeness (QED) is 0.334. The highest BCUT2D eigenvalue weighted by atomic mass is 32.1. The summed E-state index contributed by atoms with van der Waals surface area (Å²) in [6, 6.07) is 7.68. The maximum atomic E-state index is 12.9. The summed E-state index contributed by atoms with van der Waals surface area (Å²) in [5.41, 5.74) is 6.37. The molecule has 0 aliphatic heterocycles. The summed E-state index contributed by atoms with van der Waals surface area (Å²) in [6.07, 6.45) is -3.80. The summed E-state index contributed by atoms with van der Waals surface area (Å²) >= 11 is 1.50. The third kappa shape index (κ3) is 6.36. The number of carboxylic acids is 1. The summed E-state index contributed by atoms with van der Waals surface area (Å²) in [7, 11) is 0. The lowest BCUT2D eigenvalue weighted by Gasteiger charge is -2.05. The second-order valence-corrected chi connectivity index (χ2v) is 7.99. The Labute approximate surface area is 196 Å². The van der Waals surface area contributed by atoms with Crippen molar-refractivity contribution in [3.05, 3.63) is 69.6 Å². The normalized spacial score (nSPS) is 11.3. The molecule has 186 valence electrons. The maximum Gasteiger partial charge on any atom is 0.490 e. The first-order chi connectivity index (χ1) is 16.5. The van der Waals surface area contributed by atoms with Crippen molar-refractivity contribution < 1.29 is 31.9 Å². The van der Waals surface area contributed by atoms with E-state index in [9.17, 15) is 26.7 Å². The molecule has 0 saturated carbocycles. The van der Waals surface area contributed by atoms with Gasteiger partial charge in [0.1, 0.15) is 12.2 Å². The van der Waals surface area contributed by atoms with E-state index >= 15 is 0 Å². The molecule has 0 bridgehead atoms. The van der Waals surface area contributed by atoms with Crippen LogP contribution in [-0.2, 0) is 17.8 Å². The predicted molar refractivity (Wildman–Crippen MR) is 114 cm³/mol. The van der Waals surface area contributed by atoms with Crippen molar-refractivity contribution in [3.8, 4) is 10.4 Å². The number of nitrogens with zero attached hydrogens (tertiary/aromatic N) is 5. The topological polar surface area (TPSA) is 144 Å². The van der Waals surface area contributed by atoms with Crippen LogP contribution in [0.3, 0.4) is 0 Å². The lowest BCUT2D eigenvalue weighted by Crippen LogP contribution is -2.21. The number of pyridine rings is 1. The number of thiophene rings is 1. The van der Waals surface area contributed by atoms with E-state index in [4.69, 9.17) is 15.6 Å². The van der Waals surface area contributed by atoms with Crippen molar-refractivity contribution in [1.82, 2.24) is 29.4 Å². The summed E-state index contributed by atoms with van der Waals surface area (Å²) in [6.45, 7) is -0.0636. The van der Waals surface area contributed by atoms with E-state index in [-0.39, 0.29) is 30.9 Å². The fraction of sp³-hybridized carbons (Fsp3) is 0.211. The van der Waals surface area contributed by atoms with Gasteiger partial charge in [-0.2, -0.15) is 32.1 Å². The maximum absolute atomic E-state index is 12.9. The second kappa shape index (κ2) is 10.6. The minimum atomic E-state index is -5.08. The molecule has 10 nitrogen and oxygen atoms in total. The SMILES string of the molecule is NCC(Cc1n[nH]c(=O)n1Cc1ccc(-c2ccn3ncnc3c2)s1)=C(F)F.O=C(O)C(F)(F)F. The summed E-state index contributed by atoms with van der Waals surface area (Å²) < 4.78 is 60.5. The number of aromatic amines is 1. The average Bonchev–Trinajstić information content (AvgIpc) is 3.53. The van der Waals surface area contributed by atoms with Gasteiger partial charge in [-0.3, -0.25) is 4.57 Å². The Hall–Kier alpha value is -3.92. The molecule has 4 aromatic heterocycles. The van der Waals surface area contributed by atoms with Gasteiger partial charge in [0.2, 0.25) is 0 Å². The van der Waals surface area contributed by atoms with Crippen molar-refractivity contribution in [2.75, 3.05) is 6.54 Å². The van der Waals surface area contributed by atoms with Gasteiger partial charge in [-0.25, -0.2) is 24.2 Å². The number of fused-ring (bicyclic) bond motifs is 1. The number of rotatable bonds is 6. The molecular weight excluding hydrogens is 501 g/mol. The number of hydrogen-bond acceptors (Lipinski definition) is 7. The molecule has 0 amide bonds.